The number of carbonyl (C=O) groups is 1. The first-order valence-electron chi connectivity index (χ1n) is 10.7. The van der Waals surface area contributed by atoms with Crippen LogP contribution in [0.25, 0.3) is 22.2 Å². The number of carbonyl (C=O) groups excluding carboxylic acids is 1. The lowest BCUT2D eigenvalue weighted by atomic mass is 9.90. The van der Waals surface area contributed by atoms with Gasteiger partial charge in [-0.15, -0.1) is 11.3 Å². The predicted molar refractivity (Wildman–Crippen MR) is 129 cm³/mol. The number of piperidine rings is 1. The molecule has 156 valence electrons. The number of pyridine rings is 1. The number of para-hydroxylation sites is 1. The third kappa shape index (κ3) is 4.23. The van der Waals surface area contributed by atoms with Gasteiger partial charge in [0.15, 0.2) is 0 Å². The summed E-state index contributed by atoms with van der Waals surface area (Å²) in [6.07, 6.45) is 3.15. The van der Waals surface area contributed by atoms with Gasteiger partial charge in [0, 0.05) is 24.0 Å². The summed E-state index contributed by atoms with van der Waals surface area (Å²) in [6.45, 7) is 1.59. The Bertz CT molecular complexity index is 1210. The summed E-state index contributed by atoms with van der Waals surface area (Å²) in [6, 6.07) is 22.4. The zero-order valence-electron chi connectivity index (χ0n) is 17.1. The van der Waals surface area contributed by atoms with E-state index in [1.807, 2.05) is 46.7 Å². The Kier molecular flexibility index (Phi) is 5.75. The van der Waals surface area contributed by atoms with Gasteiger partial charge < -0.3 is 4.90 Å². The van der Waals surface area contributed by atoms with Gasteiger partial charge in [-0.25, -0.2) is 4.98 Å². The van der Waals surface area contributed by atoms with Crippen molar-refractivity contribution in [2.24, 2.45) is 5.92 Å². The zero-order valence-corrected chi connectivity index (χ0v) is 18.7. The van der Waals surface area contributed by atoms with Gasteiger partial charge in [-0.1, -0.05) is 60.1 Å². The van der Waals surface area contributed by atoms with Gasteiger partial charge in [-0.3, -0.25) is 4.79 Å². The molecular formula is C26H23ClN2OS. The fourth-order valence-corrected chi connectivity index (χ4v) is 5.36. The summed E-state index contributed by atoms with van der Waals surface area (Å²) in [5, 5.41) is 2.85. The summed E-state index contributed by atoms with van der Waals surface area (Å²) in [4.78, 5) is 20.3. The SMILES string of the molecule is O=C(c1cc(-c2ccsc2Cl)nc2ccccc12)N1CCC(Cc2ccccc2)CC1. The first kappa shape index (κ1) is 20.2. The lowest BCUT2D eigenvalue weighted by Gasteiger charge is -2.32. The second kappa shape index (κ2) is 8.81. The molecule has 2 aromatic carbocycles. The normalized spacial score (nSPS) is 14.8. The highest BCUT2D eigenvalue weighted by molar-refractivity contribution is 7.15. The number of aromatic nitrogens is 1. The lowest BCUT2D eigenvalue weighted by molar-refractivity contribution is 0.0692. The maximum atomic E-state index is 13.6. The van der Waals surface area contributed by atoms with E-state index in [0.717, 1.165) is 54.5 Å². The molecule has 5 rings (SSSR count). The zero-order chi connectivity index (χ0) is 21.2. The van der Waals surface area contributed by atoms with Crippen LogP contribution < -0.4 is 0 Å². The Hall–Kier alpha value is -2.69. The molecule has 0 saturated carbocycles. The maximum absolute atomic E-state index is 13.6. The number of amides is 1. The van der Waals surface area contributed by atoms with Gasteiger partial charge in [-0.2, -0.15) is 0 Å². The Morgan fingerprint density at radius 3 is 2.52 bits per heavy atom. The molecule has 3 heterocycles. The van der Waals surface area contributed by atoms with Crippen LogP contribution in [0.1, 0.15) is 28.8 Å². The fraction of sp³-hybridized carbons (Fsp3) is 0.231. The van der Waals surface area contributed by atoms with Gasteiger partial charge in [-0.05, 0) is 54.3 Å². The summed E-state index contributed by atoms with van der Waals surface area (Å²) >= 11 is 7.85. The van der Waals surface area contributed by atoms with Crippen LogP contribution in [-0.4, -0.2) is 28.9 Å². The number of likely N-dealkylation sites (tertiary alicyclic amines) is 1. The van der Waals surface area contributed by atoms with Crippen molar-refractivity contribution in [2.75, 3.05) is 13.1 Å². The molecule has 0 N–H and O–H groups in total. The highest BCUT2D eigenvalue weighted by Gasteiger charge is 2.26. The second-order valence-corrected chi connectivity index (χ2v) is 9.62. The van der Waals surface area contributed by atoms with Crippen molar-refractivity contribution in [1.82, 2.24) is 9.88 Å². The van der Waals surface area contributed by atoms with E-state index in [0.29, 0.717) is 15.8 Å². The predicted octanol–water partition coefficient (Wildman–Crippen LogP) is 6.71. The van der Waals surface area contributed by atoms with Gasteiger partial charge in [0.2, 0.25) is 0 Å². The number of fused-ring (bicyclic) bond motifs is 1. The number of nitrogens with zero attached hydrogens (tertiary/aromatic N) is 2. The average molecular weight is 447 g/mol. The van der Waals surface area contributed by atoms with Crippen LogP contribution in [0, 0.1) is 5.92 Å². The van der Waals surface area contributed by atoms with Crippen LogP contribution >= 0.6 is 22.9 Å². The molecule has 1 fully saturated rings. The standard InChI is InChI=1S/C26H23ClN2OS/c27-25-21(12-15-31-25)24-17-22(20-8-4-5-9-23(20)28-24)26(30)29-13-10-19(11-14-29)16-18-6-2-1-3-7-18/h1-9,12,15,17,19H,10-11,13-14,16H2. The summed E-state index contributed by atoms with van der Waals surface area (Å²) < 4.78 is 0.697. The molecule has 0 aliphatic carbocycles. The summed E-state index contributed by atoms with van der Waals surface area (Å²) in [5.74, 6) is 0.713. The van der Waals surface area contributed by atoms with E-state index in [4.69, 9.17) is 16.6 Å². The van der Waals surface area contributed by atoms with E-state index < -0.39 is 0 Å². The highest BCUT2D eigenvalue weighted by Crippen LogP contribution is 2.34. The van der Waals surface area contributed by atoms with Crippen LogP contribution in [0.3, 0.4) is 0 Å². The van der Waals surface area contributed by atoms with Crippen LogP contribution in [0.15, 0.2) is 72.1 Å². The number of hydrogen-bond acceptors (Lipinski definition) is 3. The molecule has 31 heavy (non-hydrogen) atoms. The molecule has 0 bridgehead atoms. The summed E-state index contributed by atoms with van der Waals surface area (Å²) in [5.41, 5.74) is 4.55. The molecule has 0 radical (unpaired) electrons. The van der Waals surface area contributed by atoms with Gasteiger partial charge in [0.05, 0.1) is 16.8 Å². The summed E-state index contributed by atoms with van der Waals surface area (Å²) in [7, 11) is 0. The monoisotopic (exact) mass is 446 g/mol. The molecule has 5 heteroatoms. The van der Waals surface area contributed by atoms with Crippen molar-refractivity contribution in [2.45, 2.75) is 19.3 Å². The Balaban J connectivity index is 1.39. The van der Waals surface area contributed by atoms with E-state index in [2.05, 4.69) is 30.3 Å². The van der Waals surface area contributed by atoms with E-state index in [1.54, 1.807) is 0 Å². The van der Waals surface area contributed by atoms with Crippen molar-refractivity contribution in [3.63, 3.8) is 0 Å². The lowest BCUT2D eigenvalue weighted by Crippen LogP contribution is -2.39. The molecule has 1 saturated heterocycles. The van der Waals surface area contributed by atoms with Crippen LogP contribution in [0.2, 0.25) is 4.34 Å². The van der Waals surface area contributed by atoms with Crippen molar-refractivity contribution in [1.29, 1.82) is 0 Å². The van der Waals surface area contributed by atoms with Crippen LogP contribution in [0.5, 0.6) is 0 Å². The largest absolute Gasteiger partial charge is 0.339 e. The number of rotatable bonds is 4. The molecule has 3 nitrogen and oxygen atoms in total. The Morgan fingerprint density at radius 2 is 1.77 bits per heavy atom. The second-order valence-electron chi connectivity index (χ2n) is 8.11. The van der Waals surface area contributed by atoms with E-state index in [1.165, 1.54) is 16.9 Å². The highest BCUT2D eigenvalue weighted by atomic mass is 35.5. The fourth-order valence-electron chi connectivity index (χ4n) is 4.43. The molecule has 1 aliphatic rings. The van der Waals surface area contributed by atoms with Gasteiger partial charge in [0.1, 0.15) is 4.34 Å². The molecule has 0 unspecified atom stereocenters. The van der Waals surface area contributed by atoms with E-state index >= 15 is 0 Å². The third-order valence-corrected chi connectivity index (χ3v) is 7.28. The molecule has 4 aromatic rings. The third-order valence-electron chi connectivity index (χ3n) is 6.11. The van der Waals surface area contributed by atoms with Crippen molar-refractivity contribution in [3.05, 3.63) is 87.6 Å². The minimum Gasteiger partial charge on any atom is -0.339 e. The van der Waals surface area contributed by atoms with Crippen molar-refractivity contribution in [3.8, 4) is 11.3 Å². The van der Waals surface area contributed by atoms with E-state index in [9.17, 15) is 4.79 Å². The number of benzene rings is 2. The number of halogens is 1. The van der Waals surface area contributed by atoms with Gasteiger partial charge >= 0.3 is 0 Å². The van der Waals surface area contributed by atoms with Crippen LogP contribution in [0.4, 0.5) is 0 Å². The maximum Gasteiger partial charge on any atom is 0.254 e. The Labute approximate surface area is 191 Å². The molecule has 1 amide bonds. The molecule has 0 atom stereocenters. The van der Waals surface area contributed by atoms with Crippen molar-refractivity contribution >= 4 is 39.7 Å². The first-order valence-corrected chi connectivity index (χ1v) is 11.9. The first-order chi connectivity index (χ1) is 15.2. The molecule has 2 aromatic heterocycles. The minimum absolute atomic E-state index is 0.0874. The number of thiophene rings is 1. The molecule has 1 aliphatic heterocycles. The quantitative estimate of drug-likeness (QED) is 0.349. The minimum atomic E-state index is 0.0874. The Morgan fingerprint density at radius 1 is 1.03 bits per heavy atom. The van der Waals surface area contributed by atoms with Gasteiger partial charge in [0.25, 0.3) is 5.91 Å². The number of hydrogen-bond donors (Lipinski definition) is 0. The van der Waals surface area contributed by atoms with E-state index in [-0.39, 0.29) is 5.91 Å². The topological polar surface area (TPSA) is 33.2 Å². The van der Waals surface area contributed by atoms with Crippen molar-refractivity contribution < 1.29 is 4.79 Å². The average Bonchev–Trinajstić information content (AvgIpc) is 3.25. The molecular weight excluding hydrogens is 424 g/mol. The smallest absolute Gasteiger partial charge is 0.254 e. The van der Waals surface area contributed by atoms with Crippen LogP contribution in [-0.2, 0) is 6.42 Å². The molecule has 0 spiro atoms.